The van der Waals surface area contributed by atoms with Crippen LogP contribution in [-0.2, 0) is 4.79 Å². The topological polar surface area (TPSA) is 64.8 Å². The average Bonchev–Trinajstić information content (AvgIpc) is 3.06. The van der Waals surface area contributed by atoms with Crippen molar-refractivity contribution in [1.29, 1.82) is 0 Å². The normalized spacial score (nSPS) is 11.7. The van der Waals surface area contributed by atoms with E-state index >= 15 is 0 Å². The minimum absolute atomic E-state index is 0.0394. The monoisotopic (exact) mass is 373 g/mol. The van der Waals surface area contributed by atoms with Crippen LogP contribution in [0.25, 0.3) is 11.8 Å². The number of para-hydroxylation sites is 1. The van der Waals surface area contributed by atoms with Gasteiger partial charge < -0.3 is 0 Å². The highest BCUT2D eigenvalue weighted by molar-refractivity contribution is 6.08. The Morgan fingerprint density at radius 2 is 1.61 bits per heavy atom. The molecule has 0 saturated carbocycles. The summed E-state index contributed by atoms with van der Waals surface area (Å²) in [5.74, 6) is -0.127. The van der Waals surface area contributed by atoms with Gasteiger partial charge in [0.05, 0.1) is 11.4 Å². The maximum absolute atomic E-state index is 12.7. The van der Waals surface area contributed by atoms with E-state index in [0.29, 0.717) is 17.0 Å². The van der Waals surface area contributed by atoms with Crippen molar-refractivity contribution in [2.24, 2.45) is 5.41 Å². The van der Waals surface area contributed by atoms with Gasteiger partial charge in [-0.15, -0.1) is 5.10 Å². The summed E-state index contributed by atoms with van der Waals surface area (Å²) in [6.45, 7) is 7.47. The Morgan fingerprint density at radius 1 is 0.964 bits per heavy atom. The molecule has 2 aromatic carbocycles. The molecule has 0 aliphatic carbocycles. The van der Waals surface area contributed by atoms with E-state index in [-0.39, 0.29) is 11.6 Å². The second-order valence-electron chi connectivity index (χ2n) is 7.64. The van der Waals surface area contributed by atoms with E-state index in [2.05, 4.69) is 10.3 Å². The van der Waals surface area contributed by atoms with Gasteiger partial charge in [0.1, 0.15) is 0 Å². The molecule has 0 bridgehead atoms. The lowest BCUT2D eigenvalue weighted by molar-refractivity contribution is -0.121. The summed E-state index contributed by atoms with van der Waals surface area (Å²) < 4.78 is 1.64. The maximum Gasteiger partial charge on any atom is 0.215 e. The Balaban J connectivity index is 1.98. The summed E-state index contributed by atoms with van der Waals surface area (Å²) >= 11 is 0. The van der Waals surface area contributed by atoms with Gasteiger partial charge in [0, 0.05) is 16.5 Å². The molecular weight excluding hydrogens is 350 g/mol. The number of aromatic nitrogens is 3. The molecule has 0 aliphatic heterocycles. The zero-order chi connectivity index (χ0) is 20.3. The van der Waals surface area contributed by atoms with Crippen molar-refractivity contribution in [1.82, 2.24) is 15.0 Å². The maximum atomic E-state index is 12.7. The highest BCUT2D eigenvalue weighted by Gasteiger charge is 2.20. The Kier molecular flexibility index (Phi) is 5.36. The van der Waals surface area contributed by atoms with Crippen molar-refractivity contribution in [2.45, 2.75) is 27.7 Å². The molecule has 0 fully saturated rings. The Morgan fingerprint density at radius 3 is 2.29 bits per heavy atom. The molecule has 5 heteroatoms. The number of hydrogen-bond acceptors (Lipinski definition) is 4. The second kappa shape index (κ2) is 7.72. The molecule has 0 aliphatic rings. The van der Waals surface area contributed by atoms with E-state index in [9.17, 15) is 9.59 Å². The van der Waals surface area contributed by atoms with Gasteiger partial charge in [-0.25, -0.2) is 4.68 Å². The molecule has 28 heavy (non-hydrogen) atoms. The lowest BCUT2D eigenvalue weighted by atomic mass is 9.90. The van der Waals surface area contributed by atoms with Crippen molar-refractivity contribution >= 4 is 17.6 Å². The summed E-state index contributed by atoms with van der Waals surface area (Å²) in [6.07, 6.45) is 3.36. The number of ketones is 2. The van der Waals surface area contributed by atoms with Crippen molar-refractivity contribution in [3.8, 4) is 5.69 Å². The predicted molar refractivity (Wildman–Crippen MR) is 109 cm³/mol. The fourth-order valence-electron chi connectivity index (χ4n) is 2.73. The summed E-state index contributed by atoms with van der Waals surface area (Å²) in [5.41, 5.74) is 2.68. The second-order valence-corrected chi connectivity index (χ2v) is 7.64. The lowest BCUT2D eigenvalue weighted by Gasteiger charge is -2.13. The highest BCUT2D eigenvalue weighted by Crippen LogP contribution is 2.21. The van der Waals surface area contributed by atoms with Gasteiger partial charge in [0.2, 0.25) is 5.78 Å². The number of benzene rings is 2. The molecular formula is C23H23N3O2. The van der Waals surface area contributed by atoms with Crippen LogP contribution in [0.3, 0.4) is 0 Å². The quantitative estimate of drug-likeness (QED) is 0.490. The van der Waals surface area contributed by atoms with Crippen LogP contribution < -0.4 is 0 Å². The summed E-state index contributed by atoms with van der Waals surface area (Å²) in [4.78, 5) is 25.0. The molecule has 0 N–H and O–H groups in total. The number of rotatable bonds is 5. The minimum atomic E-state index is -0.441. The van der Waals surface area contributed by atoms with Crippen LogP contribution in [0.1, 0.15) is 48.1 Å². The summed E-state index contributed by atoms with van der Waals surface area (Å²) in [5, 5.41) is 8.31. The van der Waals surface area contributed by atoms with Crippen LogP contribution in [-0.4, -0.2) is 26.6 Å². The van der Waals surface area contributed by atoms with Crippen molar-refractivity contribution in [3.05, 3.63) is 83.2 Å². The van der Waals surface area contributed by atoms with Crippen molar-refractivity contribution in [3.63, 3.8) is 0 Å². The molecule has 3 rings (SSSR count). The lowest BCUT2D eigenvalue weighted by Crippen LogP contribution is -2.17. The van der Waals surface area contributed by atoms with Gasteiger partial charge in [-0.1, -0.05) is 74.5 Å². The third-order valence-corrected chi connectivity index (χ3v) is 4.46. The molecule has 5 nitrogen and oxygen atoms in total. The third kappa shape index (κ3) is 3.98. The zero-order valence-electron chi connectivity index (χ0n) is 16.5. The van der Waals surface area contributed by atoms with E-state index in [0.717, 1.165) is 11.3 Å². The van der Waals surface area contributed by atoms with Gasteiger partial charge >= 0.3 is 0 Å². The van der Waals surface area contributed by atoms with E-state index in [1.165, 1.54) is 0 Å². The zero-order valence-corrected chi connectivity index (χ0v) is 16.5. The van der Waals surface area contributed by atoms with Gasteiger partial charge in [0.15, 0.2) is 11.5 Å². The SMILES string of the molecule is Cc1c(C(=O)c2ccccc2)nnn1-c1ccccc1/C=C/C(=O)C(C)(C)C. The smallest absolute Gasteiger partial charge is 0.215 e. The van der Waals surface area contributed by atoms with Crippen LogP contribution in [0.5, 0.6) is 0 Å². The van der Waals surface area contributed by atoms with E-state index in [1.807, 2.05) is 70.2 Å². The standard InChI is InChI=1S/C23H23N3O2/c1-16-21(22(28)18-11-6-5-7-12-18)24-25-26(16)19-13-9-8-10-17(19)14-15-20(27)23(2,3)4/h5-15H,1-4H3/b15-14+. The molecule has 0 radical (unpaired) electrons. The average molecular weight is 373 g/mol. The van der Waals surface area contributed by atoms with Gasteiger partial charge in [-0.05, 0) is 25.1 Å². The van der Waals surface area contributed by atoms with E-state index in [4.69, 9.17) is 0 Å². The van der Waals surface area contributed by atoms with Crippen LogP contribution in [0.4, 0.5) is 0 Å². The van der Waals surface area contributed by atoms with Crippen LogP contribution in [0, 0.1) is 12.3 Å². The summed E-state index contributed by atoms with van der Waals surface area (Å²) in [6, 6.07) is 16.6. The molecule has 0 amide bonds. The summed E-state index contributed by atoms with van der Waals surface area (Å²) in [7, 11) is 0. The first-order valence-electron chi connectivity index (χ1n) is 9.13. The van der Waals surface area contributed by atoms with Gasteiger partial charge in [-0.3, -0.25) is 9.59 Å². The fourth-order valence-corrected chi connectivity index (χ4v) is 2.73. The first kappa shape index (κ1) is 19.4. The molecule has 1 heterocycles. The van der Waals surface area contributed by atoms with Crippen LogP contribution in [0.2, 0.25) is 0 Å². The largest absolute Gasteiger partial charge is 0.294 e. The molecule has 0 spiro atoms. The molecule has 0 unspecified atom stereocenters. The Bertz CT molecular complexity index is 1040. The Labute approximate surface area is 164 Å². The molecule has 0 saturated heterocycles. The number of carbonyl (C=O) groups is 2. The molecule has 0 atom stereocenters. The fraction of sp³-hybridized carbons (Fsp3) is 0.217. The van der Waals surface area contributed by atoms with Crippen molar-refractivity contribution < 1.29 is 9.59 Å². The van der Waals surface area contributed by atoms with Crippen LogP contribution >= 0.6 is 0 Å². The van der Waals surface area contributed by atoms with Crippen LogP contribution in [0.15, 0.2) is 60.7 Å². The minimum Gasteiger partial charge on any atom is -0.294 e. The van der Waals surface area contributed by atoms with E-state index in [1.54, 1.807) is 29.0 Å². The predicted octanol–water partition coefficient (Wildman–Crippen LogP) is 4.44. The first-order chi connectivity index (χ1) is 13.3. The van der Waals surface area contributed by atoms with E-state index < -0.39 is 5.41 Å². The van der Waals surface area contributed by atoms with Crippen molar-refractivity contribution in [2.75, 3.05) is 0 Å². The number of hydrogen-bond donors (Lipinski definition) is 0. The first-order valence-corrected chi connectivity index (χ1v) is 9.13. The number of allylic oxidation sites excluding steroid dienone is 1. The Hall–Kier alpha value is -3.34. The highest BCUT2D eigenvalue weighted by atomic mass is 16.1. The van der Waals surface area contributed by atoms with Gasteiger partial charge in [0.25, 0.3) is 0 Å². The number of nitrogens with zero attached hydrogens (tertiary/aromatic N) is 3. The third-order valence-electron chi connectivity index (χ3n) is 4.46. The van der Waals surface area contributed by atoms with Gasteiger partial charge in [-0.2, -0.15) is 0 Å². The molecule has 1 aromatic heterocycles. The molecule has 142 valence electrons. The molecule has 3 aromatic rings. The number of carbonyl (C=O) groups excluding carboxylic acids is 2.